The van der Waals surface area contributed by atoms with Crippen molar-refractivity contribution >= 4 is 0 Å². The van der Waals surface area contributed by atoms with E-state index in [1.807, 2.05) is 0 Å². The fourth-order valence-corrected chi connectivity index (χ4v) is 1.57. The summed E-state index contributed by atoms with van der Waals surface area (Å²) in [5.74, 6) is 0. The molecule has 0 spiro atoms. The molecule has 0 aliphatic carbocycles. The average Bonchev–Trinajstić information content (AvgIpc) is 2.02. The van der Waals surface area contributed by atoms with E-state index in [9.17, 15) is 5.11 Å². The molecule has 0 radical (unpaired) electrons. The summed E-state index contributed by atoms with van der Waals surface area (Å²) < 4.78 is 5.45. The largest absolute Gasteiger partial charge is 0.391 e. The molecule has 3 heteroatoms. The van der Waals surface area contributed by atoms with Gasteiger partial charge in [-0.25, -0.2) is 0 Å². The monoisotopic (exact) mass is 201 g/mol. The van der Waals surface area contributed by atoms with Crippen LogP contribution in [-0.2, 0) is 4.74 Å². The SMILES string of the molecule is CC1CN(CC(O)C(C)(C)C)CCO1. The first-order valence-electron chi connectivity index (χ1n) is 5.41. The van der Waals surface area contributed by atoms with Gasteiger partial charge in [-0.1, -0.05) is 20.8 Å². The van der Waals surface area contributed by atoms with Gasteiger partial charge in [0.1, 0.15) is 0 Å². The van der Waals surface area contributed by atoms with Gasteiger partial charge in [0, 0.05) is 19.6 Å². The number of rotatable bonds is 2. The molecule has 0 amide bonds. The van der Waals surface area contributed by atoms with Crippen molar-refractivity contribution in [2.45, 2.75) is 39.9 Å². The van der Waals surface area contributed by atoms with Crippen LogP contribution in [0.25, 0.3) is 0 Å². The molecule has 14 heavy (non-hydrogen) atoms. The maximum Gasteiger partial charge on any atom is 0.0715 e. The fraction of sp³-hybridized carbons (Fsp3) is 1.00. The van der Waals surface area contributed by atoms with Crippen LogP contribution in [0, 0.1) is 5.41 Å². The van der Waals surface area contributed by atoms with E-state index in [4.69, 9.17) is 4.74 Å². The van der Waals surface area contributed by atoms with Crippen molar-refractivity contribution in [2.24, 2.45) is 5.41 Å². The van der Waals surface area contributed by atoms with Crippen LogP contribution >= 0.6 is 0 Å². The van der Waals surface area contributed by atoms with E-state index in [1.165, 1.54) is 0 Å². The second kappa shape index (κ2) is 4.60. The van der Waals surface area contributed by atoms with Crippen molar-refractivity contribution in [1.29, 1.82) is 0 Å². The van der Waals surface area contributed by atoms with Crippen LogP contribution in [0.5, 0.6) is 0 Å². The molecule has 0 aromatic heterocycles. The third kappa shape index (κ3) is 3.56. The molecule has 1 aliphatic heterocycles. The Hall–Kier alpha value is -0.120. The minimum atomic E-state index is -0.257. The molecular formula is C11H23NO2. The average molecular weight is 201 g/mol. The predicted molar refractivity (Wildman–Crippen MR) is 57.3 cm³/mol. The Kier molecular flexibility index (Phi) is 3.93. The Labute approximate surface area is 87.1 Å². The molecule has 1 rings (SSSR count). The number of β-amino-alcohol motifs (C(OH)–C–C–N with tert-alkyl or cyclic N) is 1. The van der Waals surface area contributed by atoms with E-state index in [-0.39, 0.29) is 11.5 Å². The number of aliphatic hydroxyl groups excluding tert-OH is 1. The molecule has 3 nitrogen and oxygen atoms in total. The van der Waals surface area contributed by atoms with Gasteiger partial charge in [-0.3, -0.25) is 4.90 Å². The van der Waals surface area contributed by atoms with Crippen LogP contribution < -0.4 is 0 Å². The normalized spacial score (nSPS) is 27.6. The molecule has 2 atom stereocenters. The molecule has 84 valence electrons. The van der Waals surface area contributed by atoms with Gasteiger partial charge < -0.3 is 9.84 Å². The Morgan fingerprint density at radius 1 is 1.50 bits per heavy atom. The zero-order valence-corrected chi connectivity index (χ0v) is 9.79. The zero-order chi connectivity index (χ0) is 10.8. The van der Waals surface area contributed by atoms with Gasteiger partial charge in [-0.2, -0.15) is 0 Å². The van der Waals surface area contributed by atoms with Crippen LogP contribution in [0.1, 0.15) is 27.7 Å². The number of hydrogen-bond acceptors (Lipinski definition) is 3. The van der Waals surface area contributed by atoms with Gasteiger partial charge in [0.15, 0.2) is 0 Å². The maximum absolute atomic E-state index is 9.94. The van der Waals surface area contributed by atoms with Crippen molar-refractivity contribution in [1.82, 2.24) is 4.90 Å². The molecule has 0 aromatic rings. The summed E-state index contributed by atoms with van der Waals surface area (Å²) in [6.45, 7) is 11.7. The van der Waals surface area contributed by atoms with Gasteiger partial charge in [-0.15, -0.1) is 0 Å². The van der Waals surface area contributed by atoms with Crippen LogP contribution in [0.15, 0.2) is 0 Å². The van der Waals surface area contributed by atoms with Crippen LogP contribution in [-0.4, -0.2) is 48.5 Å². The summed E-state index contributed by atoms with van der Waals surface area (Å²) >= 11 is 0. The highest BCUT2D eigenvalue weighted by Crippen LogP contribution is 2.20. The summed E-state index contributed by atoms with van der Waals surface area (Å²) in [7, 11) is 0. The molecule has 1 heterocycles. The van der Waals surface area contributed by atoms with Crippen molar-refractivity contribution in [3.63, 3.8) is 0 Å². The standard InChI is InChI=1S/C11H23NO2/c1-9-7-12(5-6-14-9)8-10(13)11(2,3)4/h9-10,13H,5-8H2,1-4H3. The van der Waals surface area contributed by atoms with E-state index in [0.717, 1.165) is 26.2 Å². The first-order valence-corrected chi connectivity index (χ1v) is 5.41. The highest BCUT2D eigenvalue weighted by atomic mass is 16.5. The molecule has 0 aromatic carbocycles. The summed E-state index contributed by atoms with van der Waals surface area (Å²) in [6.07, 6.45) is 0.0451. The van der Waals surface area contributed by atoms with Gasteiger partial charge in [0.2, 0.25) is 0 Å². The molecule has 2 unspecified atom stereocenters. The topological polar surface area (TPSA) is 32.7 Å². The van der Waals surface area contributed by atoms with Crippen LogP contribution in [0.2, 0.25) is 0 Å². The number of hydrogen-bond donors (Lipinski definition) is 1. The Bertz CT molecular complexity index is 177. The molecule has 0 saturated carbocycles. The summed E-state index contributed by atoms with van der Waals surface area (Å²) in [5, 5.41) is 9.94. The lowest BCUT2D eigenvalue weighted by molar-refractivity contribution is -0.0465. The smallest absolute Gasteiger partial charge is 0.0715 e. The maximum atomic E-state index is 9.94. The second-order valence-corrected chi connectivity index (χ2v) is 5.32. The van der Waals surface area contributed by atoms with Crippen molar-refractivity contribution in [3.05, 3.63) is 0 Å². The van der Waals surface area contributed by atoms with Gasteiger partial charge in [-0.05, 0) is 12.3 Å². The third-order valence-electron chi connectivity index (χ3n) is 2.76. The lowest BCUT2D eigenvalue weighted by Crippen LogP contribution is -2.47. The summed E-state index contributed by atoms with van der Waals surface area (Å²) in [5.41, 5.74) is -0.0262. The number of nitrogens with zero attached hydrogens (tertiary/aromatic N) is 1. The first kappa shape index (κ1) is 12.0. The van der Waals surface area contributed by atoms with Crippen molar-refractivity contribution in [2.75, 3.05) is 26.2 Å². The zero-order valence-electron chi connectivity index (χ0n) is 9.79. The molecule has 0 bridgehead atoms. The lowest BCUT2D eigenvalue weighted by atomic mass is 9.89. The lowest BCUT2D eigenvalue weighted by Gasteiger charge is -2.35. The Morgan fingerprint density at radius 3 is 2.64 bits per heavy atom. The van der Waals surface area contributed by atoms with Crippen molar-refractivity contribution < 1.29 is 9.84 Å². The van der Waals surface area contributed by atoms with Crippen molar-refractivity contribution in [3.8, 4) is 0 Å². The molecule has 1 aliphatic rings. The molecule has 1 saturated heterocycles. The highest BCUT2D eigenvalue weighted by Gasteiger charge is 2.26. The van der Waals surface area contributed by atoms with Crippen LogP contribution in [0.4, 0.5) is 0 Å². The summed E-state index contributed by atoms with van der Waals surface area (Å²) in [6, 6.07) is 0. The number of ether oxygens (including phenoxy) is 1. The second-order valence-electron chi connectivity index (χ2n) is 5.32. The Morgan fingerprint density at radius 2 is 2.14 bits per heavy atom. The number of aliphatic hydroxyl groups is 1. The molecule has 1 N–H and O–H groups in total. The fourth-order valence-electron chi connectivity index (χ4n) is 1.57. The first-order chi connectivity index (χ1) is 6.39. The highest BCUT2D eigenvalue weighted by molar-refractivity contribution is 4.78. The minimum absolute atomic E-state index is 0.0262. The van der Waals surface area contributed by atoms with Gasteiger partial charge >= 0.3 is 0 Å². The van der Waals surface area contributed by atoms with Crippen LogP contribution in [0.3, 0.4) is 0 Å². The molecule has 1 fully saturated rings. The quantitative estimate of drug-likeness (QED) is 0.726. The van der Waals surface area contributed by atoms with E-state index < -0.39 is 0 Å². The van der Waals surface area contributed by atoms with E-state index in [0.29, 0.717) is 6.10 Å². The van der Waals surface area contributed by atoms with E-state index in [1.54, 1.807) is 0 Å². The Balaban J connectivity index is 2.36. The minimum Gasteiger partial charge on any atom is -0.391 e. The van der Waals surface area contributed by atoms with Gasteiger partial charge in [0.05, 0.1) is 18.8 Å². The van der Waals surface area contributed by atoms with E-state index in [2.05, 4.69) is 32.6 Å². The molecular weight excluding hydrogens is 178 g/mol. The summed E-state index contributed by atoms with van der Waals surface area (Å²) in [4.78, 5) is 2.28. The van der Waals surface area contributed by atoms with E-state index >= 15 is 0 Å². The predicted octanol–water partition coefficient (Wildman–Crippen LogP) is 1.11. The van der Waals surface area contributed by atoms with Gasteiger partial charge in [0.25, 0.3) is 0 Å². The number of morpholine rings is 1. The third-order valence-corrected chi connectivity index (χ3v) is 2.76.